The van der Waals surface area contributed by atoms with Gasteiger partial charge in [0.15, 0.2) is 11.5 Å². The van der Waals surface area contributed by atoms with Crippen molar-refractivity contribution >= 4 is 17.2 Å². The molecule has 0 aliphatic rings. The molecule has 0 bridgehead atoms. The fourth-order valence-electron chi connectivity index (χ4n) is 2.64. The number of aryl methyl sites for hydroxylation is 2. The Morgan fingerprint density at radius 3 is 2.93 bits per heavy atom. The van der Waals surface area contributed by atoms with Crippen LogP contribution >= 0.6 is 11.3 Å². The molecule has 9 heteroatoms. The maximum Gasteiger partial charge on any atom is 0.273 e. The lowest BCUT2D eigenvalue weighted by Gasteiger charge is -2.01. The average Bonchev–Trinajstić information content (AvgIpc) is 3.42. The fraction of sp³-hybridized carbons (Fsp3) is 0.222. The highest BCUT2D eigenvalue weighted by Crippen LogP contribution is 2.20. The largest absolute Gasteiger partial charge is 0.461 e. The van der Waals surface area contributed by atoms with Crippen molar-refractivity contribution in [3.05, 3.63) is 58.7 Å². The maximum atomic E-state index is 12.2. The molecule has 0 aromatic carbocycles. The van der Waals surface area contributed by atoms with Crippen molar-refractivity contribution in [3.8, 4) is 16.7 Å². The van der Waals surface area contributed by atoms with E-state index in [2.05, 4.69) is 20.6 Å². The van der Waals surface area contributed by atoms with E-state index in [0.29, 0.717) is 24.5 Å². The SMILES string of the molecule is Cc1cc(C)n(-c2nc(CCNC(=O)c3cc(-c4ccco4)on3)cs2)n1. The molecule has 0 spiro atoms. The summed E-state index contributed by atoms with van der Waals surface area (Å²) in [5.74, 6) is 0.644. The Labute approximate surface area is 158 Å². The smallest absolute Gasteiger partial charge is 0.273 e. The van der Waals surface area contributed by atoms with Gasteiger partial charge in [-0.2, -0.15) is 5.10 Å². The second-order valence-electron chi connectivity index (χ2n) is 6.02. The van der Waals surface area contributed by atoms with Crippen molar-refractivity contribution in [2.24, 2.45) is 0 Å². The number of aromatic nitrogens is 4. The quantitative estimate of drug-likeness (QED) is 0.549. The number of rotatable bonds is 6. The summed E-state index contributed by atoms with van der Waals surface area (Å²) < 4.78 is 12.2. The molecule has 0 fully saturated rings. The van der Waals surface area contributed by atoms with Gasteiger partial charge in [0.1, 0.15) is 0 Å². The Bertz CT molecular complexity index is 1060. The summed E-state index contributed by atoms with van der Waals surface area (Å²) in [4.78, 5) is 16.8. The molecule has 0 atom stereocenters. The van der Waals surface area contributed by atoms with E-state index in [0.717, 1.165) is 22.2 Å². The third kappa shape index (κ3) is 3.68. The van der Waals surface area contributed by atoms with Crippen LogP contribution in [0.1, 0.15) is 27.6 Å². The summed E-state index contributed by atoms with van der Waals surface area (Å²) in [6.07, 6.45) is 2.15. The van der Waals surface area contributed by atoms with E-state index >= 15 is 0 Å². The number of thiazole rings is 1. The normalized spacial score (nSPS) is 11.0. The Hall–Kier alpha value is -3.20. The maximum absolute atomic E-state index is 12.2. The summed E-state index contributed by atoms with van der Waals surface area (Å²) >= 11 is 1.53. The predicted octanol–water partition coefficient (Wildman–Crippen LogP) is 3.17. The lowest BCUT2D eigenvalue weighted by molar-refractivity contribution is 0.0945. The van der Waals surface area contributed by atoms with Gasteiger partial charge >= 0.3 is 0 Å². The zero-order chi connectivity index (χ0) is 18.8. The molecule has 4 aromatic heterocycles. The van der Waals surface area contributed by atoms with E-state index in [1.54, 1.807) is 18.2 Å². The van der Waals surface area contributed by atoms with Crippen LogP contribution in [0.2, 0.25) is 0 Å². The van der Waals surface area contributed by atoms with Gasteiger partial charge in [-0.15, -0.1) is 11.3 Å². The van der Waals surface area contributed by atoms with E-state index in [1.165, 1.54) is 17.6 Å². The highest BCUT2D eigenvalue weighted by molar-refractivity contribution is 7.12. The van der Waals surface area contributed by atoms with Crippen molar-refractivity contribution in [3.63, 3.8) is 0 Å². The van der Waals surface area contributed by atoms with Crippen molar-refractivity contribution in [2.45, 2.75) is 20.3 Å². The van der Waals surface area contributed by atoms with Crippen LogP contribution < -0.4 is 5.32 Å². The molecule has 1 amide bonds. The molecule has 8 nitrogen and oxygen atoms in total. The molecular weight excluding hydrogens is 366 g/mol. The summed E-state index contributed by atoms with van der Waals surface area (Å²) in [6, 6.07) is 7.05. The van der Waals surface area contributed by atoms with E-state index in [-0.39, 0.29) is 11.6 Å². The number of carbonyl (C=O) groups is 1. The molecule has 138 valence electrons. The first kappa shape index (κ1) is 17.2. The summed E-state index contributed by atoms with van der Waals surface area (Å²) in [5, 5.41) is 13.8. The Balaban J connectivity index is 1.34. The van der Waals surface area contributed by atoms with Gasteiger partial charge in [0, 0.05) is 30.1 Å². The highest BCUT2D eigenvalue weighted by atomic mass is 32.1. The molecule has 4 rings (SSSR count). The number of amides is 1. The predicted molar refractivity (Wildman–Crippen MR) is 99.0 cm³/mol. The van der Waals surface area contributed by atoms with Crippen molar-refractivity contribution in [1.82, 2.24) is 25.2 Å². The van der Waals surface area contributed by atoms with Crippen LogP contribution in [-0.4, -0.2) is 32.4 Å². The first-order valence-electron chi connectivity index (χ1n) is 8.37. The number of carbonyl (C=O) groups excluding carboxylic acids is 1. The minimum Gasteiger partial charge on any atom is -0.461 e. The Kier molecular flexibility index (Phi) is 4.59. The molecule has 0 aliphatic heterocycles. The zero-order valence-electron chi connectivity index (χ0n) is 14.8. The minimum atomic E-state index is -0.300. The van der Waals surface area contributed by atoms with Crippen molar-refractivity contribution in [1.29, 1.82) is 0 Å². The third-order valence-electron chi connectivity index (χ3n) is 3.90. The van der Waals surface area contributed by atoms with E-state index in [4.69, 9.17) is 8.94 Å². The lowest BCUT2D eigenvalue weighted by atomic mass is 10.3. The topological polar surface area (TPSA) is 99.0 Å². The fourth-order valence-corrected chi connectivity index (χ4v) is 3.51. The van der Waals surface area contributed by atoms with Gasteiger partial charge < -0.3 is 14.3 Å². The number of nitrogens with one attached hydrogen (secondary N) is 1. The standard InChI is InChI=1S/C18H17N5O3S/c1-11-8-12(2)23(21-11)18-20-13(10-27-18)5-6-19-17(24)14-9-16(26-22-14)15-4-3-7-25-15/h3-4,7-10H,5-6H2,1-2H3,(H,19,24). The number of furan rings is 1. The summed E-state index contributed by atoms with van der Waals surface area (Å²) in [7, 11) is 0. The second kappa shape index (κ2) is 7.20. The molecule has 1 N–H and O–H groups in total. The third-order valence-corrected chi connectivity index (χ3v) is 4.77. The van der Waals surface area contributed by atoms with E-state index in [1.807, 2.05) is 30.0 Å². The van der Waals surface area contributed by atoms with Crippen LogP contribution in [0.5, 0.6) is 0 Å². The van der Waals surface area contributed by atoms with Crippen molar-refractivity contribution in [2.75, 3.05) is 6.54 Å². The molecule has 0 radical (unpaired) electrons. The van der Waals surface area contributed by atoms with Gasteiger partial charge in [-0.05, 0) is 32.0 Å². The van der Waals surface area contributed by atoms with Crippen LogP contribution in [0, 0.1) is 13.8 Å². The Morgan fingerprint density at radius 1 is 1.30 bits per heavy atom. The average molecular weight is 383 g/mol. The molecule has 4 heterocycles. The monoisotopic (exact) mass is 383 g/mol. The van der Waals surface area contributed by atoms with Gasteiger partial charge in [0.25, 0.3) is 5.91 Å². The Morgan fingerprint density at radius 2 is 2.19 bits per heavy atom. The van der Waals surface area contributed by atoms with Gasteiger partial charge in [-0.25, -0.2) is 9.67 Å². The molecule has 4 aromatic rings. The van der Waals surface area contributed by atoms with Gasteiger partial charge in [0.2, 0.25) is 10.9 Å². The highest BCUT2D eigenvalue weighted by Gasteiger charge is 2.15. The van der Waals surface area contributed by atoms with E-state index in [9.17, 15) is 4.79 Å². The summed E-state index contributed by atoms with van der Waals surface area (Å²) in [5.41, 5.74) is 3.11. The molecule has 0 aliphatic carbocycles. The van der Waals surface area contributed by atoms with E-state index < -0.39 is 0 Å². The molecule has 27 heavy (non-hydrogen) atoms. The molecular formula is C18H17N5O3S. The van der Waals surface area contributed by atoms with Crippen LogP contribution in [0.25, 0.3) is 16.7 Å². The molecule has 0 saturated heterocycles. The van der Waals surface area contributed by atoms with Crippen molar-refractivity contribution < 1.29 is 13.7 Å². The van der Waals surface area contributed by atoms with Gasteiger partial charge in [-0.1, -0.05) is 5.16 Å². The van der Waals surface area contributed by atoms with Crippen LogP contribution in [0.15, 0.2) is 44.8 Å². The zero-order valence-corrected chi connectivity index (χ0v) is 15.6. The number of hydrogen-bond acceptors (Lipinski definition) is 7. The van der Waals surface area contributed by atoms with Crippen LogP contribution in [0.3, 0.4) is 0 Å². The van der Waals surface area contributed by atoms with Crippen LogP contribution in [0.4, 0.5) is 0 Å². The first-order chi connectivity index (χ1) is 13.1. The molecule has 0 saturated carbocycles. The van der Waals surface area contributed by atoms with Gasteiger partial charge in [0.05, 0.1) is 17.7 Å². The lowest BCUT2D eigenvalue weighted by Crippen LogP contribution is -2.26. The second-order valence-corrected chi connectivity index (χ2v) is 6.86. The van der Waals surface area contributed by atoms with Gasteiger partial charge in [-0.3, -0.25) is 4.79 Å². The van der Waals surface area contributed by atoms with Crippen LogP contribution in [-0.2, 0) is 6.42 Å². The number of hydrogen-bond donors (Lipinski definition) is 1. The minimum absolute atomic E-state index is 0.211. The summed E-state index contributed by atoms with van der Waals surface area (Å²) in [6.45, 7) is 4.40. The molecule has 0 unspecified atom stereocenters. The number of nitrogens with zero attached hydrogens (tertiary/aromatic N) is 4. The first-order valence-corrected chi connectivity index (χ1v) is 9.25.